The van der Waals surface area contributed by atoms with Crippen molar-refractivity contribution in [1.29, 1.82) is 0 Å². The number of nitrogens with one attached hydrogen (secondary N) is 1. The number of rotatable bonds is 7. The molecule has 2 aromatic rings. The maximum Gasteiger partial charge on any atom is 0.134 e. The zero-order valence-corrected chi connectivity index (χ0v) is 12.9. The number of methoxy groups -OCH3 is 1. The summed E-state index contributed by atoms with van der Waals surface area (Å²) < 4.78 is 11.1. The molecular weight excluding hydrogens is 250 g/mol. The van der Waals surface area contributed by atoms with Crippen LogP contribution in [0, 0.1) is 5.92 Å². The van der Waals surface area contributed by atoms with Gasteiger partial charge in [-0.2, -0.15) is 0 Å². The highest BCUT2D eigenvalue weighted by Crippen LogP contribution is 2.28. The van der Waals surface area contributed by atoms with Gasteiger partial charge < -0.3 is 14.5 Å². The molecule has 0 aliphatic heterocycles. The van der Waals surface area contributed by atoms with Gasteiger partial charge in [0.15, 0.2) is 0 Å². The van der Waals surface area contributed by atoms with E-state index in [1.165, 1.54) is 10.9 Å². The quantitative estimate of drug-likeness (QED) is 0.831. The average molecular weight is 275 g/mol. The normalized spacial score (nSPS) is 13.2. The van der Waals surface area contributed by atoms with Crippen molar-refractivity contribution in [3.63, 3.8) is 0 Å². The highest BCUT2D eigenvalue weighted by atomic mass is 16.5. The molecule has 0 spiro atoms. The highest BCUT2D eigenvalue weighted by molar-refractivity contribution is 5.78. The van der Waals surface area contributed by atoms with Gasteiger partial charge in [-0.3, -0.25) is 0 Å². The lowest BCUT2D eigenvalue weighted by molar-refractivity contribution is 0.202. The number of ether oxygens (including phenoxy) is 1. The van der Waals surface area contributed by atoms with Crippen LogP contribution < -0.4 is 5.32 Å². The van der Waals surface area contributed by atoms with Crippen LogP contribution in [0.3, 0.4) is 0 Å². The Balaban J connectivity index is 2.27. The fourth-order valence-corrected chi connectivity index (χ4v) is 2.53. The summed E-state index contributed by atoms with van der Waals surface area (Å²) in [5, 5.41) is 4.67. The Bertz CT molecular complexity index is 545. The summed E-state index contributed by atoms with van der Waals surface area (Å²) >= 11 is 0. The van der Waals surface area contributed by atoms with Gasteiger partial charge >= 0.3 is 0 Å². The first-order chi connectivity index (χ1) is 9.65. The van der Waals surface area contributed by atoms with E-state index in [0.29, 0.717) is 5.92 Å². The largest absolute Gasteiger partial charge is 0.459 e. The molecule has 2 rings (SSSR count). The Kier molecular flexibility index (Phi) is 5.21. The molecule has 1 aromatic heterocycles. The fraction of sp³-hybridized carbons (Fsp3) is 0.529. The molecule has 3 heteroatoms. The summed E-state index contributed by atoms with van der Waals surface area (Å²) in [6.45, 7) is 8.25. The molecule has 0 amide bonds. The number of fused-ring (bicyclic) bond motifs is 1. The molecule has 0 aliphatic carbocycles. The summed E-state index contributed by atoms with van der Waals surface area (Å²) in [7, 11) is 1.73. The van der Waals surface area contributed by atoms with Crippen molar-refractivity contribution in [3.8, 4) is 0 Å². The van der Waals surface area contributed by atoms with E-state index in [9.17, 15) is 0 Å². The van der Waals surface area contributed by atoms with E-state index in [0.717, 1.165) is 30.9 Å². The fourth-order valence-electron chi connectivity index (χ4n) is 2.53. The standard InChI is InChI=1S/C17H25NO2/c1-5-18-17(12(2)3)16-11-14-10-13(8-9-19-4)6-7-15(14)20-16/h6-7,10-12,17-18H,5,8-9H2,1-4H3. The average Bonchev–Trinajstić information content (AvgIpc) is 2.84. The predicted octanol–water partition coefficient (Wildman–Crippen LogP) is 3.93. The van der Waals surface area contributed by atoms with Crippen molar-refractivity contribution in [2.75, 3.05) is 20.3 Å². The van der Waals surface area contributed by atoms with Crippen molar-refractivity contribution in [3.05, 3.63) is 35.6 Å². The number of benzene rings is 1. The summed E-state index contributed by atoms with van der Waals surface area (Å²) in [6.07, 6.45) is 0.938. The van der Waals surface area contributed by atoms with Crippen LogP contribution in [0.5, 0.6) is 0 Å². The molecule has 20 heavy (non-hydrogen) atoms. The van der Waals surface area contributed by atoms with Crippen LogP contribution in [-0.4, -0.2) is 20.3 Å². The first kappa shape index (κ1) is 15.1. The number of furan rings is 1. The van der Waals surface area contributed by atoms with E-state index in [1.54, 1.807) is 7.11 Å². The van der Waals surface area contributed by atoms with Crippen LogP contribution in [0.2, 0.25) is 0 Å². The van der Waals surface area contributed by atoms with E-state index in [2.05, 4.69) is 50.4 Å². The minimum Gasteiger partial charge on any atom is -0.459 e. The van der Waals surface area contributed by atoms with Gasteiger partial charge in [-0.05, 0) is 42.6 Å². The lowest BCUT2D eigenvalue weighted by Crippen LogP contribution is -2.24. The lowest BCUT2D eigenvalue weighted by atomic mass is 10.0. The van der Waals surface area contributed by atoms with Crippen LogP contribution in [0.1, 0.15) is 38.1 Å². The Morgan fingerprint density at radius 2 is 2.05 bits per heavy atom. The van der Waals surface area contributed by atoms with Gasteiger partial charge in [0.2, 0.25) is 0 Å². The van der Waals surface area contributed by atoms with E-state index < -0.39 is 0 Å². The molecule has 3 nitrogen and oxygen atoms in total. The lowest BCUT2D eigenvalue weighted by Gasteiger charge is -2.18. The molecule has 0 aliphatic rings. The molecule has 1 unspecified atom stereocenters. The van der Waals surface area contributed by atoms with Crippen LogP contribution in [-0.2, 0) is 11.2 Å². The smallest absolute Gasteiger partial charge is 0.134 e. The molecular formula is C17H25NO2. The van der Waals surface area contributed by atoms with Gasteiger partial charge in [-0.1, -0.05) is 26.8 Å². The van der Waals surface area contributed by atoms with E-state index in [-0.39, 0.29) is 6.04 Å². The van der Waals surface area contributed by atoms with Gasteiger partial charge in [0.25, 0.3) is 0 Å². The molecule has 1 atom stereocenters. The second-order valence-electron chi connectivity index (χ2n) is 5.54. The molecule has 0 bridgehead atoms. The Morgan fingerprint density at radius 3 is 2.70 bits per heavy atom. The molecule has 0 saturated carbocycles. The van der Waals surface area contributed by atoms with Crippen molar-refractivity contribution in [2.24, 2.45) is 5.92 Å². The summed E-state index contributed by atoms with van der Waals surface area (Å²) in [5.74, 6) is 1.53. The third-order valence-electron chi connectivity index (χ3n) is 3.59. The van der Waals surface area contributed by atoms with Crippen molar-refractivity contribution in [2.45, 2.75) is 33.2 Å². The van der Waals surface area contributed by atoms with Gasteiger partial charge in [-0.15, -0.1) is 0 Å². The number of hydrogen-bond acceptors (Lipinski definition) is 3. The topological polar surface area (TPSA) is 34.4 Å². The summed E-state index contributed by atoms with van der Waals surface area (Å²) in [4.78, 5) is 0. The van der Waals surface area contributed by atoms with Crippen LogP contribution in [0.4, 0.5) is 0 Å². The van der Waals surface area contributed by atoms with Gasteiger partial charge in [0, 0.05) is 12.5 Å². The summed E-state index contributed by atoms with van der Waals surface area (Å²) in [6, 6.07) is 8.82. The third kappa shape index (κ3) is 3.41. The molecule has 0 radical (unpaired) electrons. The monoisotopic (exact) mass is 275 g/mol. The Hall–Kier alpha value is -1.32. The molecule has 1 N–H and O–H groups in total. The third-order valence-corrected chi connectivity index (χ3v) is 3.59. The van der Waals surface area contributed by atoms with Crippen LogP contribution >= 0.6 is 0 Å². The second kappa shape index (κ2) is 6.91. The predicted molar refractivity (Wildman–Crippen MR) is 83.0 cm³/mol. The van der Waals surface area contributed by atoms with Crippen molar-refractivity contribution >= 4 is 11.0 Å². The molecule has 1 heterocycles. The van der Waals surface area contributed by atoms with Crippen LogP contribution in [0.15, 0.2) is 28.7 Å². The minimum atomic E-state index is 0.273. The molecule has 110 valence electrons. The number of hydrogen-bond donors (Lipinski definition) is 1. The zero-order valence-electron chi connectivity index (χ0n) is 12.9. The second-order valence-corrected chi connectivity index (χ2v) is 5.54. The molecule has 1 aromatic carbocycles. The first-order valence-electron chi connectivity index (χ1n) is 7.40. The Morgan fingerprint density at radius 1 is 1.25 bits per heavy atom. The maximum atomic E-state index is 6.01. The van der Waals surface area contributed by atoms with Gasteiger partial charge in [-0.25, -0.2) is 0 Å². The maximum absolute atomic E-state index is 6.01. The summed E-state index contributed by atoms with van der Waals surface area (Å²) in [5.41, 5.74) is 2.25. The molecule has 0 saturated heterocycles. The SMILES string of the molecule is CCNC(c1cc2cc(CCOC)ccc2o1)C(C)C. The van der Waals surface area contributed by atoms with E-state index >= 15 is 0 Å². The van der Waals surface area contributed by atoms with Crippen molar-refractivity contribution < 1.29 is 9.15 Å². The Labute approximate surface area is 121 Å². The molecule has 0 fully saturated rings. The highest BCUT2D eigenvalue weighted by Gasteiger charge is 2.18. The van der Waals surface area contributed by atoms with Crippen LogP contribution in [0.25, 0.3) is 11.0 Å². The van der Waals surface area contributed by atoms with Gasteiger partial charge in [0.05, 0.1) is 12.6 Å². The first-order valence-corrected chi connectivity index (χ1v) is 7.40. The van der Waals surface area contributed by atoms with Gasteiger partial charge in [0.1, 0.15) is 11.3 Å². The zero-order chi connectivity index (χ0) is 14.5. The van der Waals surface area contributed by atoms with E-state index in [4.69, 9.17) is 9.15 Å². The van der Waals surface area contributed by atoms with E-state index in [1.807, 2.05) is 0 Å². The van der Waals surface area contributed by atoms with Crippen molar-refractivity contribution in [1.82, 2.24) is 5.32 Å². The minimum absolute atomic E-state index is 0.273.